The third-order valence-electron chi connectivity index (χ3n) is 4.36. The first-order chi connectivity index (χ1) is 11.5. The highest BCUT2D eigenvalue weighted by Crippen LogP contribution is 2.31. The van der Waals surface area contributed by atoms with Crippen LogP contribution in [0.5, 0.6) is 0 Å². The monoisotopic (exact) mass is 333 g/mol. The Bertz CT molecular complexity index is 625. The molecule has 3 rings (SSSR count). The van der Waals surface area contributed by atoms with Gasteiger partial charge in [-0.15, -0.1) is 5.10 Å². The van der Waals surface area contributed by atoms with Crippen molar-refractivity contribution in [3.63, 3.8) is 0 Å². The second-order valence-electron chi connectivity index (χ2n) is 6.48. The molecule has 7 nitrogen and oxygen atoms in total. The molecule has 1 aromatic rings. The fourth-order valence-corrected chi connectivity index (χ4v) is 2.68. The predicted octanol–water partition coefficient (Wildman–Crippen LogP) is 1.60. The molecule has 7 heteroatoms. The van der Waals surface area contributed by atoms with Gasteiger partial charge in [0.1, 0.15) is 0 Å². The highest BCUT2D eigenvalue weighted by molar-refractivity contribution is 5.94. The maximum Gasteiger partial charge on any atom is 0.416 e. The van der Waals surface area contributed by atoms with Gasteiger partial charge in [0, 0.05) is 13.1 Å². The highest BCUT2D eigenvalue weighted by atomic mass is 16.6. The molecule has 2 aliphatic rings. The molecule has 24 heavy (non-hydrogen) atoms. The molecule has 2 aliphatic heterocycles. The number of ether oxygens (including phenoxy) is 2. The lowest BCUT2D eigenvalue weighted by Gasteiger charge is -2.28. The average molecular weight is 333 g/mol. The third-order valence-corrected chi connectivity index (χ3v) is 4.36. The standard InChI is InChI=1S/C17H23N3O4/c1-13-3-5-14(6-4-13)20-11-17(2,12-21)15(18-20)24-16(22)19-7-9-23-10-8-19/h3-6,21H,7-12H2,1-2H3. The number of aliphatic hydroxyl groups is 1. The summed E-state index contributed by atoms with van der Waals surface area (Å²) in [6.07, 6.45) is -0.442. The summed E-state index contributed by atoms with van der Waals surface area (Å²) in [5.41, 5.74) is 1.34. The molecule has 1 saturated heterocycles. The van der Waals surface area contributed by atoms with Crippen LogP contribution in [0, 0.1) is 12.3 Å². The topological polar surface area (TPSA) is 74.6 Å². The summed E-state index contributed by atoms with van der Waals surface area (Å²) in [6.45, 7) is 6.19. The number of hydrazone groups is 1. The number of aryl methyl sites for hydroxylation is 1. The van der Waals surface area contributed by atoms with E-state index in [2.05, 4.69) is 5.10 Å². The first kappa shape index (κ1) is 16.7. The minimum absolute atomic E-state index is 0.148. The van der Waals surface area contributed by atoms with Crippen molar-refractivity contribution in [3.05, 3.63) is 29.8 Å². The number of morpholine rings is 1. The minimum atomic E-state index is -0.715. The molecule has 1 unspecified atom stereocenters. The van der Waals surface area contributed by atoms with Gasteiger partial charge in [0.15, 0.2) is 0 Å². The molecule has 1 fully saturated rings. The maximum absolute atomic E-state index is 12.3. The first-order valence-corrected chi connectivity index (χ1v) is 8.10. The number of aliphatic hydroxyl groups excluding tert-OH is 1. The van der Waals surface area contributed by atoms with Crippen LogP contribution in [0.25, 0.3) is 0 Å². The molecule has 0 saturated carbocycles. The molecular weight excluding hydrogens is 310 g/mol. The van der Waals surface area contributed by atoms with Crippen LogP contribution in [0.1, 0.15) is 12.5 Å². The van der Waals surface area contributed by atoms with Gasteiger partial charge in [-0.25, -0.2) is 4.79 Å². The molecule has 2 heterocycles. The average Bonchev–Trinajstić information content (AvgIpc) is 2.93. The van der Waals surface area contributed by atoms with Gasteiger partial charge in [0.2, 0.25) is 5.90 Å². The third kappa shape index (κ3) is 3.37. The van der Waals surface area contributed by atoms with Gasteiger partial charge >= 0.3 is 6.09 Å². The maximum atomic E-state index is 12.3. The summed E-state index contributed by atoms with van der Waals surface area (Å²) < 4.78 is 10.8. The zero-order valence-electron chi connectivity index (χ0n) is 14.1. The largest absolute Gasteiger partial charge is 0.416 e. The molecule has 0 bridgehead atoms. The van der Waals surface area contributed by atoms with E-state index in [4.69, 9.17) is 9.47 Å². The smallest absolute Gasteiger partial charge is 0.395 e. The number of rotatable bonds is 2. The highest BCUT2D eigenvalue weighted by Gasteiger charge is 2.42. The SMILES string of the molecule is Cc1ccc(N2CC(C)(CO)C(OC(=O)N3CCOCC3)=N2)cc1. The molecular formula is C17H23N3O4. The Labute approximate surface area is 141 Å². The van der Waals surface area contributed by atoms with E-state index in [1.54, 1.807) is 9.91 Å². The van der Waals surface area contributed by atoms with Gasteiger partial charge < -0.3 is 19.5 Å². The Kier molecular flexibility index (Phi) is 4.73. The Morgan fingerprint density at radius 1 is 1.33 bits per heavy atom. The van der Waals surface area contributed by atoms with E-state index >= 15 is 0 Å². The van der Waals surface area contributed by atoms with Crippen LogP contribution in [0.4, 0.5) is 10.5 Å². The second kappa shape index (κ2) is 6.78. The molecule has 0 aromatic heterocycles. The number of hydrogen-bond acceptors (Lipinski definition) is 6. The van der Waals surface area contributed by atoms with E-state index in [1.807, 2.05) is 38.1 Å². The Balaban J connectivity index is 1.76. The van der Waals surface area contributed by atoms with Gasteiger partial charge in [-0.2, -0.15) is 0 Å². The van der Waals surface area contributed by atoms with E-state index < -0.39 is 11.5 Å². The molecule has 0 spiro atoms. The van der Waals surface area contributed by atoms with E-state index in [1.165, 1.54) is 0 Å². The number of amides is 1. The number of carbonyl (C=O) groups is 1. The van der Waals surface area contributed by atoms with Gasteiger partial charge in [0.05, 0.1) is 37.5 Å². The zero-order valence-corrected chi connectivity index (χ0v) is 14.1. The lowest BCUT2D eigenvalue weighted by molar-refractivity contribution is 0.0387. The van der Waals surface area contributed by atoms with E-state index in [-0.39, 0.29) is 12.5 Å². The van der Waals surface area contributed by atoms with Crippen molar-refractivity contribution in [1.82, 2.24) is 4.90 Å². The lowest BCUT2D eigenvalue weighted by Crippen LogP contribution is -2.44. The van der Waals surface area contributed by atoms with Crippen molar-refractivity contribution >= 4 is 17.7 Å². The van der Waals surface area contributed by atoms with Crippen LogP contribution in [-0.4, -0.2) is 61.5 Å². The van der Waals surface area contributed by atoms with Gasteiger partial charge in [0.25, 0.3) is 0 Å². The zero-order chi connectivity index (χ0) is 17.2. The van der Waals surface area contributed by atoms with Crippen molar-refractivity contribution in [2.45, 2.75) is 13.8 Å². The number of benzene rings is 1. The van der Waals surface area contributed by atoms with Crippen molar-refractivity contribution in [2.75, 3.05) is 44.5 Å². The fourth-order valence-electron chi connectivity index (χ4n) is 2.68. The van der Waals surface area contributed by atoms with Crippen LogP contribution in [-0.2, 0) is 9.47 Å². The molecule has 1 atom stereocenters. The van der Waals surface area contributed by atoms with Crippen LogP contribution >= 0.6 is 0 Å². The van der Waals surface area contributed by atoms with Crippen molar-refractivity contribution in [3.8, 4) is 0 Å². The molecule has 1 aromatic carbocycles. The molecule has 1 N–H and O–H groups in total. The number of hydrogen-bond donors (Lipinski definition) is 1. The summed E-state index contributed by atoms with van der Waals surface area (Å²) in [6, 6.07) is 7.92. The van der Waals surface area contributed by atoms with Gasteiger partial charge in [-0.05, 0) is 26.0 Å². The van der Waals surface area contributed by atoms with Gasteiger partial charge in [-0.1, -0.05) is 17.7 Å². The summed E-state index contributed by atoms with van der Waals surface area (Å²) in [5.74, 6) is 0.252. The lowest BCUT2D eigenvalue weighted by atomic mass is 9.92. The van der Waals surface area contributed by atoms with Crippen molar-refractivity contribution < 1.29 is 19.4 Å². The Morgan fingerprint density at radius 2 is 2.00 bits per heavy atom. The summed E-state index contributed by atoms with van der Waals surface area (Å²) >= 11 is 0. The number of nitrogens with zero attached hydrogens (tertiary/aromatic N) is 3. The summed E-state index contributed by atoms with van der Waals surface area (Å²) in [7, 11) is 0. The van der Waals surface area contributed by atoms with Crippen LogP contribution in [0.2, 0.25) is 0 Å². The normalized spacial score (nSPS) is 24.0. The van der Waals surface area contributed by atoms with E-state index in [9.17, 15) is 9.90 Å². The minimum Gasteiger partial charge on any atom is -0.395 e. The Morgan fingerprint density at radius 3 is 2.62 bits per heavy atom. The molecule has 0 aliphatic carbocycles. The van der Waals surface area contributed by atoms with Crippen LogP contribution in [0.3, 0.4) is 0 Å². The Hall–Kier alpha value is -2.12. The van der Waals surface area contributed by atoms with Gasteiger partial charge in [-0.3, -0.25) is 5.01 Å². The van der Waals surface area contributed by atoms with E-state index in [0.29, 0.717) is 32.8 Å². The summed E-state index contributed by atoms with van der Waals surface area (Å²) in [5, 5.41) is 16.0. The first-order valence-electron chi connectivity index (χ1n) is 8.10. The molecule has 130 valence electrons. The fraction of sp³-hybridized carbons (Fsp3) is 0.529. The number of carbonyl (C=O) groups excluding carboxylic acids is 1. The molecule has 1 amide bonds. The van der Waals surface area contributed by atoms with Crippen LogP contribution < -0.4 is 5.01 Å². The van der Waals surface area contributed by atoms with E-state index in [0.717, 1.165) is 11.3 Å². The summed E-state index contributed by atoms with van der Waals surface area (Å²) in [4.78, 5) is 13.9. The second-order valence-corrected chi connectivity index (χ2v) is 6.48. The molecule has 0 radical (unpaired) electrons. The van der Waals surface area contributed by atoms with Crippen molar-refractivity contribution in [1.29, 1.82) is 0 Å². The van der Waals surface area contributed by atoms with Crippen molar-refractivity contribution in [2.24, 2.45) is 10.5 Å². The quantitative estimate of drug-likeness (QED) is 0.890. The number of anilines is 1. The van der Waals surface area contributed by atoms with Crippen LogP contribution in [0.15, 0.2) is 29.4 Å². The predicted molar refractivity (Wildman–Crippen MR) is 90.0 cm³/mol.